The molecule has 24 heavy (non-hydrogen) atoms. The number of carbonyl (C=O) groups excluding carboxylic acids is 1. The lowest BCUT2D eigenvalue weighted by atomic mass is 9.96. The van der Waals surface area contributed by atoms with Gasteiger partial charge in [-0.2, -0.15) is 0 Å². The van der Waals surface area contributed by atoms with E-state index in [0.29, 0.717) is 0 Å². The first-order chi connectivity index (χ1) is 11.3. The van der Waals surface area contributed by atoms with E-state index in [2.05, 4.69) is 12.2 Å². The zero-order valence-corrected chi connectivity index (χ0v) is 14.6. The highest BCUT2D eigenvalue weighted by molar-refractivity contribution is 5.90. The van der Waals surface area contributed by atoms with Crippen LogP contribution >= 0.6 is 0 Å². The average Bonchev–Trinajstić information content (AvgIpc) is 2.53. The molecule has 0 radical (unpaired) electrons. The Bertz CT molecular complexity index is 782. The van der Waals surface area contributed by atoms with E-state index < -0.39 is 6.10 Å². The first-order valence-electron chi connectivity index (χ1n) is 8.20. The summed E-state index contributed by atoms with van der Waals surface area (Å²) in [6.45, 7) is 7.96. The first-order valence-corrected chi connectivity index (χ1v) is 8.20. The maximum atomic E-state index is 12.7. The van der Waals surface area contributed by atoms with Crippen molar-refractivity contribution in [1.82, 2.24) is 5.32 Å². The normalized spacial score (nSPS) is 16.7. The molecule has 0 bridgehead atoms. The van der Waals surface area contributed by atoms with E-state index >= 15 is 0 Å². The predicted octanol–water partition coefficient (Wildman–Crippen LogP) is 4.48. The van der Waals surface area contributed by atoms with Crippen molar-refractivity contribution in [3.63, 3.8) is 0 Å². The fraction of sp³-hybridized carbons (Fsp3) is 0.286. The quantitative estimate of drug-likeness (QED) is 0.885. The van der Waals surface area contributed by atoms with Gasteiger partial charge in [0, 0.05) is 16.7 Å². The van der Waals surface area contributed by atoms with Crippen LogP contribution in [0.25, 0.3) is 11.8 Å². The van der Waals surface area contributed by atoms with Crippen LogP contribution in [0, 0.1) is 6.92 Å². The molecule has 2 aromatic rings. The molecule has 0 spiro atoms. The molecule has 1 aliphatic heterocycles. The van der Waals surface area contributed by atoms with Gasteiger partial charge >= 0.3 is 0 Å². The average molecular weight is 321 g/mol. The van der Waals surface area contributed by atoms with Gasteiger partial charge in [-0.05, 0) is 39.3 Å². The summed E-state index contributed by atoms with van der Waals surface area (Å²) < 4.78 is 6.10. The van der Waals surface area contributed by atoms with Gasteiger partial charge in [-0.3, -0.25) is 4.79 Å². The minimum Gasteiger partial charge on any atom is -0.475 e. The summed E-state index contributed by atoms with van der Waals surface area (Å²) in [5.41, 5.74) is 3.78. The van der Waals surface area contributed by atoms with Crippen LogP contribution in [0.1, 0.15) is 49.1 Å². The SMILES string of the molecule is Cc1ccc(C2=Cc3ccccc3C(C(=O)NC(C)(C)C)O2)cc1. The largest absolute Gasteiger partial charge is 0.475 e. The standard InChI is InChI=1S/C21H23NO2/c1-14-9-11-15(12-10-14)18-13-16-7-5-6-8-17(16)19(24-18)20(23)22-21(2,3)4/h5-13,19H,1-4H3,(H,22,23). The number of ether oxygens (including phenoxy) is 1. The maximum absolute atomic E-state index is 12.7. The molecule has 0 aliphatic carbocycles. The highest BCUT2D eigenvalue weighted by Gasteiger charge is 2.31. The van der Waals surface area contributed by atoms with E-state index in [0.717, 1.165) is 22.4 Å². The first kappa shape index (κ1) is 16.3. The second kappa shape index (κ2) is 6.16. The van der Waals surface area contributed by atoms with Crippen LogP contribution in [0.4, 0.5) is 0 Å². The van der Waals surface area contributed by atoms with Crippen molar-refractivity contribution in [2.45, 2.75) is 39.3 Å². The van der Waals surface area contributed by atoms with Crippen LogP contribution in [-0.2, 0) is 9.53 Å². The minimum atomic E-state index is -0.637. The molecule has 1 N–H and O–H groups in total. The summed E-state index contributed by atoms with van der Waals surface area (Å²) in [7, 11) is 0. The Kier molecular flexibility index (Phi) is 4.18. The number of aryl methyl sites for hydroxylation is 1. The lowest BCUT2D eigenvalue weighted by Gasteiger charge is -2.29. The van der Waals surface area contributed by atoms with Gasteiger partial charge < -0.3 is 10.1 Å². The topological polar surface area (TPSA) is 38.3 Å². The van der Waals surface area contributed by atoms with Crippen molar-refractivity contribution in [2.24, 2.45) is 0 Å². The molecule has 2 aromatic carbocycles. The van der Waals surface area contributed by atoms with Crippen molar-refractivity contribution < 1.29 is 9.53 Å². The van der Waals surface area contributed by atoms with Gasteiger partial charge in [0.1, 0.15) is 5.76 Å². The number of fused-ring (bicyclic) bond motifs is 1. The van der Waals surface area contributed by atoms with Crippen molar-refractivity contribution >= 4 is 17.7 Å². The molecule has 3 rings (SSSR count). The minimum absolute atomic E-state index is 0.118. The monoisotopic (exact) mass is 321 g/mol. The van der Waals surface area contributed by atoms with E-state index in [9.17, 15) is 4.79 Å². The number of nitrogens with one attached hydrogen (secondary N) is 1. The summed E-state index contributed by atoms with van der Waals surface area (Å²) in [6.07, 6.45) is 1.36. The van der Waals surface area contributed by atoms with E-state index in [4.69, 9.17) is 4.74 Å². The number of rotatable bonds is 2. The molecule has 1 aliphatic rings. The van der Waals surface area contributed by atoms with Gasteiger partial charge in [0.25, 0.3) is 5.91 Å². The van der Waals surface area contributed by atoms with Crippen LogP contribution in [0.3, 0.4) is 0 Å². The lowest BCUT2D eigenvalue weighted by Crippen LogP contribution is -2.44. The Labute approximate surface area is 143 Å². The van der Waals surface area contributed by atoms with Gasteiger partial charge in [-0.25, -0.2) is 0 Å². The summed E-state index contributed by atoms with van der Waals surface area (Å²) in [6, 6.07) is 16.0. The van der Waals surface area contributed by atoms with Gasteiger partial charge in [0.15, 0.2) is 0 Å². The van der Waals surface area contributed by atoms with Crippen molar-refractivity contribution in [3.8, 4) is 0 Å². The second-order valence-electron chi connectivity index (χ2n) is 7.24. The Morgan fingerprint density at radius 3 is 2.38 bits per heavy atom. The molecular weight excluding hydrogens is 298 g/mol. The lowest BCUT2D eigenvalue weighted by molar-refractivity contribution is -0.131. The van der Waals surface area contributed by atoms with Crippen molar-refractivity contribution in [2.75, 3.05) is 0 Å². The number of hydrogen-bond donors (Lipinski definition) is 1. The van der Waals surface area contributed by atoms with Crippen LogP contribution < -0.4 is 5.32 Å². The summed E-state index contributed by atoms with van der Waals surface area (Å²) >= 11 is 0. The Morgan fingerprint density at radius 1 is 1.04 bits per heavy atom. The summed E-state index contributed by atoms with van der Waals surface area (Å²) in [5, 5.41) is 3.02. The molecule has 3 nitrogen and oxygen atoms in total. The second-order valence-corrected chi connectivity index (χ2v) is 7.24. The maximum Gasteiger partial charge on any atom is 0.266 e. The summed E-state index contributed by atoms with van der Waals surface area (Å²) in [4.78, 5) is 12.7. The molecule has 1 heterocycles. The molecule has 0 aromatic heterocycles. The van der Waals surface area contributed by atoms with Crippen molar-refractivity contribution in [3.05, 3.63) is 70.8 Å². The van der Waals surface area contributed by atoms with Gasteiger partial charge in [-0.1, -0.05) is 54.1 Å². The zero-order chi connectivity index (χ0) is 17.3. The Balaban J connectivity index is 1.99. The Morgan fingerprint density at radius 2 is 1.71 bits per heavy atom. The fourth-order valence-corrected chi connectivity index (χ4v) is 2.75. The Hall–Kier alpha value is -2.55. The van der Waals surface area contributed by atoms with Gasteiger partial charge in [0.2, 0.25) is 6.10 Å². The molecule has 0 saturated carbocycles. The van der Waals surface area contributed by atoms with Crippen LogP contribution in [0.15, 0.2) is 48.5 Å². The fourth-order valence-electron chi connectivity index (χ4n) is 2.75. The highest BCUT2D eigenvalue weighted by Crippen LogP contribution is 2.36. The smallest absolute Gasteiger partial charge is 0.266 e. The molecular formula is C21H23NO2. The zero-order valence-electron chi connectivity index (χ0n) is 14.6. The molecule has 0 saturated heterocycles. The molecule has 124 valence electrons. The molecule has 3 heteroatoms. The molecule has 1 unspecified atom stereocenters. The number of carbonyl (C=O) groups is 1. The highest BCUT2D eigenvalue weighted by atomic mass is 16.5. The van der Waals surface area contributed by atoms with Gasteiger partial charge in [0.05, 0.1) is 0 Å². The number of hydrogen-bond acceptors (Lipinski definition) is 2. The van der Waals surface area contributed by atoms with E-state index in [1.165, 1.54) is 5.56 Å². The third kappa shape index (κ3) is 3.51. The number of amides is 1. The number of benzene rings is 2. The van der Waals surface area contributed by atoms with Gasteiger partial charge in [-0.15, -0.1) is 0 Å². The van der Waals surface area contributed by atoms with E-state index in [1.54, 1.807) is 0 Å². The molecule has 1 atom stereocenters. The third-order valence-electron chi connectivity index (χ3n) is 3.88. The third-order valence-corrected chi connectivity index (χ3v) is 3.88. The van der Waals surface area contributed by atoms with E-state index in [1.807, 2.05) is 75.4 Å². The van der Waals surface area contributed by atoms with Crippen LogP contribution in [-0.4, -0.2) is 11.4 Å². The predicted molar refractivity (Wildman–Crippen MR) is 97.2 cm³/mol. The van der Waals surface area contributed by atoms with Crippen molar-refractivity contribution in [1.29, 1.82) is 0 Å². The summed E-state index contributed by atoms with van der Waals surface area (Å²) in [5.74, 6) is 0.607. The van der Waals surface area contributed by atoms with Crippen LogP contribution in [0.2, 0.25) is 0 Å². The van der Waals surface area contributed by atoms with Crippen LogP contribution in [0.5, 0.6) is 0 Å². The molecule has 1 amide bonds. The van der Waals surface area contributed by atoms with E-state index in [-0.39, 0.29) is 11.4 Å². The molecule has 0 fully saturated rings.